The molecule has 0 aromatic heterocycles. The Kier molecular flexibility index (Phi) is 7.46. The average Bonchev–Trinajstić information content (AvgIpc) is 2.72. The predicted molar refractivity (Wildman–Crippen MR) is 116 cm³/mol. The van der Waals surface area contributed by atoms with Crippen LogP contribution in [0.1, 0.15) is 40.8 Å². The van der Waals surface area contributed by atoms with Gasteiger partial charge in [-0.3, -0.25) is 0 Å². The molecular weight excluding hydrogens is 388 g/mol. The van der Waals surface area contributed by atoms with Gasteiger partial charge >= 0.3 is 0 Å². The van der Waals surface area contributed by atoms with Gasteiger partial charge in [-0.05, 0) is 61.6 Å². The maximum Gasteiger partial charge on any atom is 0.123 e. The van der Waals surface area contributed by atoms with Crippen molar-refractivity contribution in [2.24, 2.45) is 0 Å². The van der Waals surface area contributed by atoms with Crippen LogP contribution in [0.15, 0.2) is 36.4 Å². The van der Waals surface area contributed by atoms with Crippen molar-refractivity contribution < 1.29 is 24.8 Å². The van der Waals surface area contributed by atoms with Crippen molar-refractivity contribution in [3.8, 4) is 11.5 Å². The molecule has 2 aromatic rings. The number of hydrogen-bond acceptors (Lipinski definition) is 6. The molecule has 1 aliphatic rings. The van der Waals surface area contributed by atoms with E-state index in [-0.39, 0.29) is 11.9 Å². The summed E-state index contributed by atoms with van der Waals surface area (Å²) in [5.41, 5.74) is 4.51. The Morgan fingerprint density at radius 2 is 1.86 bits per heavy atom. The summed E-state index contributed by atoms with van der Waals surface area (Å²) in [6, 6.07) is 12.3. The van der Waals surface area contributed by atoms with E-state index < -0.39 is 17.5 Å². The van der Waals surface area contributed by atoms with E-state index in [0.29, 0.717) is 13.0 Å². The lowest BCUT2D eigenvalue weighted by molar-refractivity contribution is -0.000283. The molecular formula is C23H30O5S. The van der Waals surface area contributed by atoms with Gasteiger partial charge < -0.3 is 24.8 Å². The van der Waals surface area contributed by atoms with E-state index >= 15 is 0 Å². The second kappa shape index (κ2) is 9.85. The first-order valence-electron chi connectivity index (χ1n) is 9.98. The van der Waals surface area contributed by atoms with E-state index in [1.165, 1.54) is 22.9 Å². The largest absolute Gasteiger partial charge is 0.496 e. The van der Waals surface area contributed by atoms with Gasteiger partial charge in [0.25, 0.3) is 0 Å². The summed E-state index contributed by atoms with van der Waals surface area (Å²) < 4.78 is 11.1. The molecule has 6 heteroatoms. The quantitative estimate of drug-likeness (QED) is 0.641. The smallest absolute Gasteiger partial charge is 0.123 e. The van der Waals surface area contributed by atoms with Crippen molar-refractivity contribution in [1.82, 2.24) is 0 Å². The van der Waals surface area contributed by atoms with Crippen LogP contribution in [-0.2, 0) is 6.42 Å². The monoisotopic (exact) mass is 418 g/mol. The summed E-state index contributed by atoms with van der Waals surface area (Å²) in [4.78, 5) is 0. The molecule has 0 saturated carbocycles. The van der Waals surface area contributed by atoms with Crippen molar-refractivity contribution in [3.05, 3.63) is 58.7 Å². The first-order chi connectivity index (χ1) is 14.0. The first-order valence-corrected chi connectivity index (χ1v) is 10.9. The maximum atomic E-state index is 10.3. The fourth-order valence-corrected chi connectivity index (χ4v) is 5.25. The fourth-order valence-electron chi connectivity index (χ4n) is 3.76. The highest BCUT2D eigenvalue weighted by Crippen LogP contribution is 2.46. The van der Waals surface area contributed by atoms with Crippen molar-refractivity contribution in [1.29, 1.82) is 0 Å². The van der Waals surface area contributed by atoms with Crippen LogP contribution in [0, 0.1) is 6.92 Å². The maximum absolute atomic E-state index is 10.3. The Balaban J connectivity index is 1.88. The van der Waals surface area contributed by atoms with Crippen LogP contribution >= 0.6 is 11.8 Å². The number of hydrogen-bond donors (Lipinski definition) is 3. The zero-order valence-corrected chi connectivity index (χ0v) is 18.0. The molecule has 1 heterocycles. The third-order valence-electron chi connectivity index (χ3n) is 5.41. The highest BCUT2D eigenvalue weighted by Gasteiger charge is 2.37. The van der Waals surface area contributed by atoms with Gasteiger partial charge in [0.15, 0.2) is 0 Å². The summed E-state index contributed by atoms with van der Waals surface area (Å²) in [5.74, 6) is 1.64. The van der Waals surface area contributed by atoms with Crippen molar-refractivity contribution in [2.45, 2.75) is 49.4 Å². The normalized spacial score (nSPS) is 24.3. The minimum atomic E-state index is -0.916. The van der Waals surface area contributed by atoms with Gasteiger partial charge in [0.1, 0.15) is 11.5 Å². The molecule has 0 unspecified atom stereocenters. The lowest BCUT2D eigenvalue weighted by Crippen LogP contribution is -2.42. The molecule has 3 N–H and O–H groups in total. The second-order valence-electron chi connectivity index (χ2n) is 7.41. The molecule has 1 fully saturated rings. The number of aliphatic hydroxyl groups is 3. The number of benzene rings is 2. The van der Waals surface area contributed by atoms with Gasteiger partial charge in [0, 0.05) is 10.8 Å². The van der Waals surface area contributed by atoms with Crippen molar-refractivity contribution >= 4 is 11.8 Å². The Hall–Kier alpha value is -1.73. The molecule has 4 atom stereocenters. The van der Waals surface area contributed by atoms with Gasteiger partial charge in [-0.2, -0.15) is 0 Å². The number of aliphatic hydroxyl groups excluding tert-OH is 3. The first kappa shape index (κ1) is 22.0. The Morgan fingerprint density at radius 3 is 2.48 bits per heavy atom. The molecule has 1 aliphatic heterocycles. The van der Waals surface area contributed by atoms with Crippen LogP contribution in [0.5, 0.6) is 11.5 Å². The molecule has 2 aromatic carbocycles. The molecule has 1 saturated heterocycles. The standard InChI is InChI=1S/C23H30O5S/c1-4-28-17-7-5-15(6-8-17)10-16-11-18(20(27-3)9-14(16)2)21-12-19(25)23(26)22(13-24)29-21/h5-9,11,19,21-26H,4,10,12-13H2,1-3H3/t19-,21-,22-,23+/m1/s1. The zero-order chi connectivity index (χ0) is 21.0. The van der Waals surface area contributed by atoms with E-state index in [4.69, 9.17) is 9.47 Å². The Morgan fingerprint density at radius 1 is 1.14 bits per heavy atom. The van der Waals surface area contributed by atoms with E-state index in [2.05, 4.69) is 25.1 Å². The van der Waals surface area contributed by atoms with E-state index in [1.54, 1.807) is 7.11 Å². The summed E-state index contributed by atoms with van der Waals surface area (Å²) in [6.07, 6.45) is -0.578. The molecule has 3 rings (SSSR count). The minimum absolute atomic E-state index is 0.0554. The van der Waals surface area contributed by atoms with Crippen LogP contribution in [0.3, 0.4) is 0 Å². The average molecular weight is 419 g/mol. The van der Waals surface area contributed by atoms with Crippen LogP contribution in [0.4, 0.5) is 0 Å². The van der Waals surface area contributed by atoms with Gasteiger partial charge in [-0.15, -0.1) is 11.8 Å². The third kappa shape index (κ3) is 5.07. The van der Waals surface area contributed by atoms with Gasteiger partial charge in [0.05, 0.1) is 37.8 Å². The van der Waals surface area contributed by atoms with Crippen molar-refractivity contribution in [3.63, 3.8) is 0 Å². The van der Waals surface area contributed by atoms with Gasteiger partial charge in [-0.25, -0.2) is 0 Å². The highest BCUT2D eigenvalue weighted by atomic mass is 32.2. The summed E-state index contributed by atoms with van der Waals surface area (Å²) in [6.45, 7) is 4.51. The van der Waals surface area contributed by atoms with E-state index in [0.717, 1.165) is 29.0 Å². The summed E-state index contributed by atoms with van der Waals surface area (Å²) >= 11 is 1.50. The molecule has 29 heavy (non-hydrogen) atoms. The lowest BCUT2D eigenvalue weighted by Gasteiger charge is -2.36. The highest BCUT2D eigenvalue weighted by molar-refractivity contribution is 8.00. The number of aryl methyl sites for hydroxylation is 1. The van der Waals surface area contributed by atoms with Crippen LogP contribution < -0.4 is 9.47 Å². The minimum Gasteiger partial charge on any atom is -0.496 e. The number of methoxy groups -OCH3 is 1. The fraction of sp³-hybridized carbons (Fsp3) is 0.478. The van der Waals surface area contributed by atoms with E-state index in [1.807, 2.05) is 25.1 Å². The summed E-state index contributed by atoms with van der Waals surface area (Å²) in [7, 11) is 1.65. The Bertz CT molecular complexity index is 808. The number of ether oxygens (including phenoxy) is 2. The second-order valence-corrected chi connectivity index (χ2v) is 8.86. The Labute approximate surface area is 176 Å². The predicted octanol–water partition coefficient (Wildman–Crippen LogP) is 3.25. The van der Waals surface area contributed by atoms with Crippen LogP contribution in [0.2, 0.25) is 0 Å². The van der Waals surface area contributed by atoms with Gasteiger partial charge in [0.2, 0.25) is 0 Å². The molecule has 0 amide bonds. The van der Waals surface area contributed by atoms with Crippen LogP contribution in [-0.4, -0.2) is 53.1 Å². The zero-order valence-electron chi connectivity index (χ0n) is 17.2. The van der Waals surface area contributed by atoms with E-state index in [9.17, 15) is 15.3 Å². The molecule has 0 spiro atoms. The topological polar surface area (TPSA) is 79.2 Å². The molecule has 0 aliphatic carbocycles. The number of rotatable bonds is 7. The summed E-state index contributed by atoms with van der Waals surface area (Å²) in [5, 5.41) is 29.5. The van der Waals surface area contributed by atoms with Crippen molar-refractivity contribution in [2.75, 3.05) is 20.3 Å². The SMILES string of the molecule is CCOc1ccc(Cc2cc([C@H]3C[C@@H](O)[C@H](O)[C@@H](CO)S3)c(OC)cc2C)cc1. The van der Waals surface area contributed by atoms with Gasteiger partial charge in [-0.1, -0.05) is 18.2 Å². The third-order valence-corrected chi connectivity index (χ3v) is 6.97. The molecule has 0 radical (unpaired) electrons. The van der Waals surface area contributed by atoms with Crippen LogP contribution in [0.25, 0.3) is 0 Å². The number of thioether (sulfide) groups is 1. The lowest BCUT2D eigenvalue weighted by atomic mass is 9.93. The molecule has 5 nitrogen and oxygen atoms in total. The molecule has 0 bridgehead atoms. The molecule has 158 valence electrons.